The highest BCUT2D eigenvalue weighted by Crippen LogP contribution is 2.18. The lowest BCUT2D eigenvalue weighted by Crippen LogP contribution is -2.40. The molecule has 0 aromatic rings. The molecule has 0 aromatic carbocycles. The van der Waals surface area contributed by atoms with Crippen molar-refractivity contribution < 1.29 is 42.9 Å². The van der Waals surface area contributed by atoms with Crippen molar-refractivity contribution in [3.8, 4) is 0 Å². The van der Waals surface area contributed by atoms with E-state index in [1.807, 2.05) is 21.1 Å². The Bertz CT molecular complexity index is 1590. The van der Waals surface area contributed by atoms with E-state index >= 15 is 0 Å². The standard InChI is InChI=1S/C74H133NO8/c1-6-8-10-12-14-16-18-20-22-24-26-28-29-30-31-32-33-34-35-36-37-38-39-40-41-42-43-45-47-49-51-53-55-57-59-61-63-65-72(77)83-70(69-82-74(73(78)79)80-67-66-75(3,4)5)68-81-71(76)64-62-60-58-56-54-52-50-48-46-44-27-25-23-21-19-17-15-13-11-9-7-2/h8,10,14,16,20,22,25-28,30-31,70,74H,6-7,9,11-13,15,17-19,21,23-24,29,32-69H2,1-5H3/p+1/b10-8-,16-14-,22-20-,27-25-,28-26-,31-30-. The summed E-state index contributed by atoms with van der Waals surface area (Å²) in [6.45, 7) is 4.81. The highest BCUT2D eigenvalue weighted by Gasteiger charge is 2.25. The SMILES string of the molecule is CC/C=C\C/C=C\C/C=C\C/C=C\C/C=C\CCCCCCCCCCCCCCCCCCCCCCCC(=O)OC(COC(=O)CCCCCCCCCCC/C=C\CCCCCCCCCC)COC(OCC[N+](C)(C)C)C(=O)O. The van der Waals surface area contributed by atoms with Crippen LogP contribution in [0.1, 0.15) is 322 Å². The number of carboxylic acid groups (broad SMARTS) is 1. The number of unbranched alkanes of at least 4 members (excludes halogenated alkanes) is 38. The number of carbonyl (C=O) groups is 3. The van der Waals surface area contributed by atoms with Gasteiger partial charge in [-0.05, 0) is 83.5 Å². The van der Waals surface area contributed by atoms with E-state index in [4.69, 9.17) is 18.9 Å². The Hall–Kier alpha value is -3.27. The number of likely N-dealkylation sites (N-methyl/N-ethyl adjacent to an activating group) is 1. The lowest BCUT2D eigenvalue weighted by Gasteiger charge is -2.25. The average molecular weight is 1170 g/mol. The topological polar surface area (TPSA) is 108 Å². The van der Waals surface area contributed by atoms with Gasteiger partial charge in [0, 0.05) is 12.8 Å². The Balaban J connectivity index is 4.03. The quantitative estimate of drug-likeness (QED) is 0.0211. The van der Waals surface area contributed by atoms with Crippen molar-refractivity contribution in [3.05, 3.63) is 72.9 Å². The summed E-state index contributed by atoms with van der Waals surface area (Å²) in [6.07, 6.45) is 83.1. The first-order valence-electron chi connectivity index (χ1n) is 35.1. The van der Waals surface area contributed by atoms with Crippen LogP contribution in [0.15, 0.2) is 72.9 Å². The zero-order chi connectivity index (χ0) is 60.5. The first-order valence-corrected chi connectivity index (χ1v) is 35.1. The monoisotopic (exact) mass is 1170 g/mol. The normalized spacial score (nSPS) is 13.1. The van der Waals surface area contributed by atoms with E-state index < -0.39 is 18.4 Å². The van der Waals surface area contributed by atoms with Gasteiger partial charge in [0.15, 0.2) is 6.10 Å². The van der Waals surface area contributed by atoms with Crippen LogP contribution in [0, 0.1) is 0 Å². The maximum absolute atomic E-state index is 12.9. The molecule has 1 N–H and O–H groups in total. The fraction of sp³-hybridized carbons (Fsp3) is 0.797. The van der Waals surface area contributed by atoms with E-state index in [-0.39, 0.29) is 38.2 Å². The molecule has 0 spiro atoms. The third-order valence-corrected chi connectivity index (χ3v) is 15.4. The van der Waals surface area contributed by atoms with Crippen molar-refractivity contribution >= 4 is 17.9 Å². The van der Waals surface area contributed by atoms with Crippen molar-refractivity contribution in [2.75, 3.05) is 47.5 Å². The zero-order valence-electron chi connectivity index (χ0n) is 55.1. The van der Waals surface area contributed by atoms with Gasteiger partial charge in [-0.25, -0.2) is 4.79 Å². The summed E-state index contributed by atoms with van der Waals surface area (Å²) >= 11 is 0. The molecule has 2 atom stereocenters. The third-order valence-electron chi connectivity index (χ3n) is 15.4. The molecule has 0 aliphatic rings. The fourth-order valence-corrected chi connectivity index (χ4v) is 10.1. The van der Waals surface area contributed by atoms with Crippen LogP contribution in [-0.2, 0) is 33.3 Å². The summed E-state index contributed by atoms with van der Waals surface area (Å²) in [5.74, 6) is -1.99. The van der Waals surface area contributed by atoms with E-state index in [2.05, 4.69) is 86.8 Å². The van der Waals surface area contributed by atoms with Gasteiger partial charge in [-0.15, -0.1) is 0 Å². The predicted molar refractivity (Wildman–Crippen MR) is 355 cm³/mol. The molecule has 0 bridgehead atoms. The smallest absolute Gasteiger partial charge is 0.361 e. The molecule has 0 saturated heterocycles. The van der Waals surface area contributed by atoms with Crippen LogP contribution in [0.2, 0.25) is 0 Å². The van der Waals surface area contributed by atoms with Gasteiger partial charge in [0.1, 0.15) is 13.2 Å². The largest absolute Gasteiger partial charge is 0.477 e. The molecule has 0 fully saturated rings. The fourth-order valence-electron chi connectivity index (χ4n) is 10.1. The van der Waals surface area contributed by atoms with Crippen molar-refractivity contribution in [2.45, 2.75) is 334 Å². The van der Waals surface area contributed by atoms with Gasteiger partial charge in [0.2, 0.25) is 0 Å². The van der Waals surface area contributed by atoms with Crippen molar-refractivity contribution in [1.29, 1.82) is 0 Å². The molecule has 0 aromatic heterocycles. The summed E-state index contributed by atoms with van der Waals surface area (Å²) in [7, 11) is 5.98. The van der Waals surface area contributed by atoms with Gasteiger partial charge in [-0.2, -0.15) is 0 Å². The molecule has 0 aliphatic carbocycles. The second-order valence-electron chi connectivity index (χ2n) is 24.8. The first-order chi connectivity index (χ1) is 40.6. The van der Waals surface area contributed by atoms with Crippen LogP contribution < -0.4 is 0 Å². The molecule has 0 heterocycles. The van der Waals surface area contributed by atoms with Crippen LogP contribution >= 0.6 is 0 Å². The van der Waals surface area contributed by atoms with Gasteiger partial charge in [-0.3, -0.25) is 9.59 Å². The van der Waals surface area contributed by atoms with Gasteiger partial charge in [0.05, 0.1) is 34.4 Å². The number of carbonyl (C=O) groups excluding carboxylic acids is 2. The lowest BCUT2D eigenvalue weighted by molar-refractivity contribution is -0.870. The number of nitrogens with zero attached hydrogens (tertiary/aromatic N) is 1. The first kappa shape index (κ1) is 79.7. The molecule has 2 unspecified atom stereocenters. The molecule has 9 heteroatoms. The third kappa shape index (κ3) is 66.1. The summed E-state index contributed by atoms with van der Waals surface area (Å²) in [4.78, 5) is 37.6. The molecule has 0 rings (SSSR count). The van der Waals surface area contributed by atoms with E-state index in [1.54, 1.807) is 0 Å². The van der Waals surface area contributed by atoms with E-state index in [0.717, 1.165) is 70.6 Å². The van der Waals surface area contributed by atoms with Crippen molar-refractivity contribution in [2.24, 2.45) is 0 Å². The predicted octanol–water partition coefficient (Wildman–Crippen LogP) is 21.7. The number of hydrogen-bond acceptors (Lipinski definition) is 7. The highest BCUT2D eigenvalue weighted by molar-refractivity contribution is 5.71. The Morgan fingerprint density at radius 1 is 0.373 bits per heavy atom. The number of allylic oxidation sites excluding steroid dienone is 12. The van der Waals surface area contributed by atoms with Gasteiger partial charge >= 0.3 is 17.9 Å². The Morgan fingerprint density at radius 2 is 0.687 bits per heavy atom. The number of ether oxygens (including phenoxy) is 4. The molecule has 482 valence electrons. The number of esters is 2. The molecular formula is C74H134NO8+. The molecule has 9 nitrogen and oxygen atoms in total. The number of quaternary nitrogens is 1. The Kier molecular flexibility index (Phi) is 62.2. The number of rotatable bonds is 65. The zero-order valence-corrected chi connectivity index (χ0v) is 55.1. The molecule has 0 aliphatic heterocycles. The summed E-state index contributed by atoms with van der Waals surface area (Å²) in [5.41, 5.74) is 0. The molecule has 0 radical (unpaired) electrons. The van der Waals surface area contributed by atoms with Crippen LogP contribution in [0.3, 0.4) is 0 Å². The summed E-state index contributed by atoms with van der Waals surface area (Å²) in [6, 6.07) is 0. The van der Waals surface area contributed by atoms with E-state index in [9.17, 15) is 19.5 Å². The second-order valence-corrected chi connectivity index (χ2v) is 24.8. The van der Waals surface area contributed by atoms with Crippen molar-refractivity contribution in [3.63, 3.8) is 0 Å². The highest BCUT2D eigenvalue weighted by atomic mass is 16.7. The minimum Gasteiger partial charge on any atom is -0.477 e. The maximum Gasteiger partial charge on any atom is 0.361 e. The summed E-state index contributed by atoms with van der Waals surface area (Å²) < 4.78 is 23.0. The minimum absolute atomic E-state index is 0.180. The number of aliphatic carboxylic acids is 1. The van der Waals surface area contributed by atoms with Crippen LogP contribution in [0.5, 0.6) is 0 Å². The van der Waals surface area contributed by atoms with Gasteiger partial charge in [0.25, 0.3) is 6.29 Å². The van der Waals surface area contributed by atoms with Crippen molar-refractivity contribution in [1.82, 2.24) is 0 Å². The van der Waals surface area contributed by atoms with E-state index in [0.29, 0.717) is 17.4 Å². The van der Waals surface area contributed by atoms with Crippen LogP contribution in [0.25, 0.3) is 0 Å². The van der Waals surface area contributed by atoms with Gasteiger partial charge in [-0.1, -0.05) is 299 Å². The van der Waals surface area contributed by atoms with Gasteiger partial charge < -0.3 is 28.5 Å². The van der Waals surface area contributed by atoms with Crippen LogP contribution in [-0.4, -0.2) is 87.4 Å². The lowest BCUT2D eigenvalue weighted by atomic mass is 10.0. The Labute approximate surface area is 513 Å². The summed E-state index contributed by atoms with van der Waals surface area (Å²) in [5, 5.41) is 9.74. The van der Waals surface area contributed by atoms with Crippen LogP contribution in [0.4, 0.5) is 0 Å². The number of hydrogen-bond donors (Lipinski definition) is 1. The molecular weight excluding hydrogens is 1030 g/mol. The number of carboxylic acids is 1. The van der Waals surface area contributed by atoms with E-state index in [1.165, 1.54) is 225 Å². The minimum atomic E-state index is -1.51. The second kappa shape index (κ2) is 64.7. The molecule has 83 heavy (non-hydrogen) atoms. The molecule has 0 saturated carbocycles. The average Bonchev–Trinajstić information content (AvgIpc) is 3.46. The maximum atomic E-state index is 12.9. The molecule has 0 amide bonds. The Morgan fingerprint density at radius 3 is 1.04 bits per heavy atom.